The summed E-state index contributed by atoms with van der Waals surface area (Å²) in [5.41, 5.74) is 0. The first-order valence-corrected chi connectivity index (χ1v) is 7.40. The lowest BCUT2D eigenvalue weighted by molar-refractivity contribution is 0.556. The zero-order valence-corrected chi connectivity index (χ0v) is 9.54. The van der Waals surface area contributed by atoms with Crippen molar-refractivity contribution in [3.8, 4) is 0 Å². The Kier molecular flexibility index (Phi) is 4.03. The second-order valence-corrected chi connectivity index (χ2v) is 6.29. The van der Waals surface area contributed by atoms with Gasteiger partial charge in [-0.05, 0) is 12.7 Å². The molecule has 1 rings (SSSR count). The molecule has 1 saturated heterocycles. The molecular formula is C7H16N2O2S2. The van der Waals surface area contributed by atoms with E-state index >= 15 is 0 Å². The molecule has 0 saturated carbocycles. The highest BCUT2D eigenvalue weighted by Gasteiger charge is 2.23. The van der Waals surface area contributed by atoms with E-state index in [1.165, 1.54) is 6.26 Å². The molecule has 0 radical (unpaired) electrons. The maximum Gasteiger partial charge on any atom is 0.208 e. The minimum Gasteiger partial charge on any atom is -0.312 e. The van der Waals surface area contributed by atoms with Gasteiger partial charge in [0.25, 0.3) is 0 Å². The Morgan fingerprint density at radius 3 is 2.77 bits per heavy atom. The molecule has 78 valence electrons. The van der Waals surface area contributed by atoms with Gasteiger partial charge in [0.15, 0.2) is 0 Å². The van der Waals surface area contributed by atoms with Crippen molar-refractivity contribution >= 4 is 21.8 Å². The van der Waals surface area contributed by atoms with Crippen molar-refractivity contribution in [2.75, 3.05) is 25.6 Å². The molecule has 0 aliphatic carbocycles. The third kappa shape index (κ3) is 4.30. The summed E-state index contributed by atoms with van der Waals surface area (Å²) in [6.07, 6.45) is 4.32. The summed E-state index contributed by atoms with van der Waals surface area (Å²) in [6, 6.07) is 0.298. The highest BCUT2D eigenvalue weighted by atomic mass is 32.2. The van der Waals surface area contributed by atoms with Crippen molar-refractivity contribution in [2.45, 2.75) is 17.7 Å². The molecule has 0 aromatic heterocycles. The highest BCUT2D eigenvalue weighted by Crippen LogP contribution is 2.17. The number of nitrogens with one attached hydrogen (secondary N) is 2. The van der Waals surface area contributed by atoms with Gasteiger partial charge in [0, 0.05) is 24.4 Å². The third-order valence-corrected chi connectivity index (χ3v) is 3.82. The van der Waals surface area contributed by atoms with Crippen molar-refractivity contribution in [1.29, 1.82) is 0 Å². The summed E-state index contributed by atoms with van der Waals surface area (Å²) in [7, 11) is -3.03. The molecular weight excluding hydrogens is 208 g/mol. The molecule has 1 aliphatic rings. The summed E-state index contributed by atoms with van der Waals surface area (Å²) >= 11 is 1.83. The maximum atomic E-state index is 10.8. The van der Waals surface area contributed by atoms with Gasteiger partial charge < -0.3 is 5.32 Å². The van der Waals surface area contributed by atoms with E-state index in [9.17, 15) is 8.42 Å². The van der Waals surface area contributed by atoms with E-state index in [2.05, 4.69) is 16.3 Å². The fraction of sp³-hybridized carbons (Fsp3) is 1.00. The normalized spacial score (nSPS) is 29.4. The average Bonchev–Trinajstić information content (AvgIpc) is 2.47. The van der Waals surface area contributed by atoms with Crippen LogP contribution in [-0.2, 0) is 10.0 Å². The fourth-order valence-electron chi connectivity index (χ4n) is 1.37. The minimum atomic E-state index is -3.03. The summed E-state index contributed by atoms with van der Waals surface area (Å²) in [5.74, 6) is 0. The van der Waals surface area contributed by atoms with Gasteiger partial charge in [-0.15, -0.1) is 0 Å². The van der Waals surface area contributed by atoms with E-state index in [4.69, 9.17) is 0 Å². The Balaban J connectivity index is 2.25. The first-order chi connectivity index (χ1) is 6.01. The van der Waals surface area contributed by atoms with Crippen LogP contribution in [0.25, 0.3) is 0 Å². The highest BCUT2D eigenvalue weighted by molar-refractivity contribution is 7.99. The zero-order chi connectivity index (χ0) is 9.90. The van der Waals surface area contributed by atoms with Crippen molar-refractivity contribution in [1.82, 2.24) is 10.0 Å². The third-order valence-electron chi connectivity index (χ3n) is 2.11. The first kappa shape index (κ1) is 11.3. The molecule has 6 heteroatoms. The van der Waals surface area contributed by atoms with Gasteiger partial charge in [-0.1, -0.05) is 0 Å². The summed E-state index contributed by atoms with van der Waals surface area (Å²) in [5, 5.41) is 3.91. The van der Waals surface area contributed by atoms with E-state index in [1.807, 2.05) is 11.8 Å². The van der Waals surface area contributed by atoms with Crippen LogP contribution in [0.15, 0.2) is 0 Å². The Hall–Kier alpha value is 0.220. The Labute approximate surface area is 83.9 Å². The van der Waals surface area contributed by atoms with Gasteiger partial charge in [0.1, 0.15) is 0 Å². The van der Waals surface area contributed by atoms with Gasteiger partial charge in [0.05, 0.1) is 6.26 Å². The topological polar surface area (TPSA) is 58.2 Å². The van der Waals surface area contributed by atoms with E-state index in [-0.39, 0.29) is 0 Å². The van der Waals surface area contributed by atoms with Crippen LogP contribution < -0.4 is 10.0 Å². The number of sulfonamides is 1. The van der Waals surface area contributed by atoms with Gasteiger partial charge >= 0.3 is 0 Å². The summed E-state index contributed by atoms with van der Waals surface area (Å²) < 4.78 is 24.1. The average molecular weight is 224 g/mol. The Morgan fingerprint density at radius 1 is 1.62 bits per heavy atom. The van der Waals surface area contributed by atoms with Crippen molar-refractivity contribution in [3.05, 3.63) is 0 Å². The lowest BCUT2D eigenvalue weighted by Crippen LogP contribution is -2.36. The molecule has 0 aromatic rings. The lowest BCUT2D eigenvalue weighted by atomic mass is 10.2. The molecule has 4 nitrogen and oxygen atoms in total. The van der Waals surface area contributed by atoms with E-state index < -0.39 is 10.0 Å². The van der Waals surface area contributed by atoms with Crippen LogP contribution >= 0.6 is 11.8 Å². The van der Waals surface area contributed by atoms with Crippen LogP contribution in [0.5, 0.6) is 0 Å². The maximum absolute atomic E-state index is 10.8. The van der Waals surface area contributed by atoms with Crippen LogP contribution in [0.4, 0.5) is 0 Å². The molecule has 0 amide bonds. The molecule has 0 bridgehead atoms. The molecule has 0 aromatic carbocycles. The number of hydrogen-bond acceptors (Lipinski definition) is 4. The summed E-state index contributed by atoms with van der Waals surface area (Å²) in [6.45, 7) is 1.49. The van der Waals surface area contributed by atoms with Gasteiger partial charge in [-0.3, -0.25) is 0 Å². The molecule has 0 spiro atoms. The molecule has 1 fully saturated rings. The van der Waals surface area contributed by atoms with Crippen LogP contribution in [0.3, 0.4) is 0 Å². The predicted molar refractivity (Wildman–Crippen MR) is 56.6 cm³/mol. The monoisotopic (exact) mass is 224 g/mol. The van der Waals surface area contributed by atoms with Crippen molar-refractivity contribution in [3.63, 3.8) is 0 Å². The van der Waals surface area contributed by atoms with E-state index in [0.29, 0.717) is 17.8 Å². The van der Waals surface area contributed by atoms with E-state index in [0.717, 1.165) is 13.0 Å². The SMILES string of the molecule is CS[C@@H]1CN[C@H](CNS(C)(=O)=O)C1. The largest absolute Gasteiger partial charge is 0.312 e. The number of thioether (sulfide) groups is 1. The van der Waals surface area contributed by atoms with Crippen LogP contribution in [0.2, 0.25) is 0 Å². The first-order valence-electron chi connectivity index (χ1n) is 4.22. The smallest absolute Gasteiger partial charge is 0.208 e. The fourth-order valence-corrected chi connectivity index (χ4v) is 2.56. The van der Waals surface area contributed by atoms with Gasteiger partial charge in [0.2, 0.25) is 10.0 Å². The molecule has 13 heavy (non-hydrogen) atoms. The number of hydrogen-bond donors (Lipinski definition) is 2. The quantitative estimate of drug-likeness (QED) is 0.684. The molecule has 2 N–H and O–H groups in total. The summed E-state index contributed by atoms with van der Waals surface area (Å²) in [4.78, 5) is 0. The Bertz CT molecular complexity index is 253. The van der Waals surface area contributed by atoms with Crippen LogP contribution in [0.1, 0.15) is 6.42 Å². The molecule has 2 atom stereocenters. The second-order valence-electron chi connectivity index (χ2n) is 3.32. The molecule has 0 unspecified atom stereocenters. The number of rotatable bonds is 4. The van der Waals surface area contributed by atoms with Crippen molar-refractivity contribution in [2.24, 2.45) is 0 Å². The van der Waals surface area contributed by atoms with Crippen molar-refractivity contribution < 1.29 is 8.42 Å². The second kappa shape index (κ2) is 4.63. The lowest BCUT2D eigenvalue weighted by Gasteiger charge is -2.09. The standard InChI is InChI=1S/C7H16N2O2S2/c1-12-7-3-6(8-5-7)4-9-13(2,10)11/h6-9H,3-5H2,1-2H3/t6-,7-/m0/s1. The zero-order valence-electron chi connectivity index (χ0n) is 7.91. The molecule has 1 heterocycles. The molecule has 1 aliphatic heterocycles. The van der Waals surface area contributed by atoms with Crippen LogP contribution in [0, 0.1) is 0 Å². The van der Waals surface area contributed by atoms with E-state index in [1.54, 1.807) is 0 Å². The van der Waals surface area contributed by atoms with Crippen LogP contribution in [-0.4, -0.2) is 45.3 Å². The van der Waals surface area contributed by atoms with Gasteiger partial charge in [-0.2, -0.15) is 11.8 Å². The minimum absolute atomic E-state index is 0.298. The Morgan fingerprint density at radius 2 is 2.31 bits per heavy atom. The van der Waals surface area contributed by atoms with Gasteiger partial charge in [-0.25, -0.2) is 13.1 Å². The predicted octanol–water partition coefficient (Wildman–Crippen LogP) is -0.371.